The van der Waals surface area contributed by atoms with Gasteiger partial charge in [-0.2, -0.15) is 0 Å². The summed E-state index contributed by atoms with van der Waals surface area (Å²) in [5, 5.41) is 0. The molecule has 2 rings (SSSR count). The van der Waals surface area contributed by atoms with E-state index in [0.717, 1.165) is 19.3 Å². The Bertz CT molecular complexity index is 328. The fraction of sp³-hybridized carbons (Fsp3) is 0.500. The van der Waals surface area contributed by atoms with Crippen molar-refractivity contribution in [3.63, 3.8) is 0 Å². The van der Waals surface area contributed by atoms with Gasteiger partial charge in [0.05, 0.1) is 0 Å². The maximum Gasteiger partial charge on any atom is 0.00825 e. The molecule has 1 atom stereocenters. The van der Waals surface area contributed by atoms with E-state index >= 15 is 0 Å². The molecule has 0 aliphatic heterocycles. The summed E-state index contributed by atoms with van der Waals surface area (Å²) in [5.74, 6) is 0. The van der Waals surface area contributed by atoms with Crippen LogP contribution in [0, 0.1) is 13.8 Å². The Labute approximate surface area is 80.0 Å². The van der Waals surface area contributed by atoms with Crippen LogP contribution in [0.3, 0.4) is 0 Å². The van der Waals surface area contributed by atoms with Crippen molar-refractivity contribution in [2.75, 3.05) is 0 Å². The molecule has 0 heterocycles. The summed E-state index contributed by atoms with van der Waals surface area (Å²) in [6, 6.07) is 5.02. The smallest absolute Gasteiger partial charge is 0.00825 e. The molecule has 0 fully saturated rings. The molecule has 0 radical (unpaired) electrons. The third-order valence-corrected chi connectivity index (χ3v) is 3.08. The first-order valence-electron chi connectivity index (χ1n) is 5.01. The van der Waals surface area contributed by atoms with Gasteiger partial charge in [0, 0.05) is 6.04 Å². The highest BCUT2D eigenvalue weighted by atomic mass is 14.6. The fourth-order valence-electron chi connectivity index (χ4n) is 2.08. The van der Waals surface area contributed by atoms with Crippen LogP contribution in [-0.2, 0) is 12.8 Å². The molecule has 0 amide bonds. The topological polar surface area (TPSA) is 26.0 Å². The quantitative estimate of drug-likeness (QED) is 0.642. The van der Waals surface area contributed by atoms with Crippen LogP contribution in [0.2, 0.25) is 0 Å². The average Bonchev–Trinajstić information content (AvgIpc) is 2.08. The molecule has 2 N–H and O–H groups in total. The van der Waals surface area contributed by atoms with Gasteiger partial charge in [-0.1, -0.05) is 12.1 Å². The molecule has 0 aromatic heterocycles. The number of hydrogen-bond donors (Lipinski definition) is 1. The summed E-state index contributed by atoms with van der Waals surface area (Å²) in [7, 11) is 0. The van der Waals surface area contributed by atoms with Gasteiger partial charge in [0.15, 0.2) is 0 Å². The second-order valence-electron chi connectivity index (χ2n) is 4.21. The first-order chi connectivity index (χ1) is 6.16. The number of aryl methyl sites for hydroxylation is 3. The van der Waals surface area contributed by atoms with E-state index in [0.29, 0.717) is 6.04 Å². The van der Waals surface area contributed by atoms with Crippen LogP contribution in [-0.4, -0.2) is 6.04 Å². The number of benzene rings is 1. The molecular formula is C12H17N. The second kappa shape index (κ2) is 3.15. The highest BCUT2D eigenvalue weighted by Gasteiger charge is 2.15. The van der Waals surface area contributed by atoms with Gasteiger partial charge in [-0.05, 0) is 55.4 Å². The lowest BCUT2D eigenvalue weighted by molar-refractivity contribution is 0.576. The molecule has 0 bridgehead atoms. The Morgan fingerprint density at radius 1 is 1.15 bits per heavy atom. The molecule has 0 saturated heterocycles. The van der Waals surface area contributed by atoms with Crippen molar-refractivity contribution in [3.8, 4) is 0 Å². The maximum absolute atomic E-state index is 5.94. The zero-order chi connectivity index (χ0) is 9.42. The summed E-state index contributed by atoms with van der Waals surface area (Å²) in [6.07, 6.45) is 3.38. The van der Waals surface area contributed by atoms with E-state index < -0.39 is 0 Å². The van der Waals surface area contributed by atoms with Gasteiger partial charge in [0.1, 0.15) is 0 Å². The van der Waals surface area contributed by atoms with Gasteiger partial charge in [-0.3, -0.25) is 0 Å². The van der Waals surface area contributed by atoms with Gasteiger partial charge < -0.3 is 5.73 Å². The van der Waals surface area contributed by atoms with Crippen molar-refractivity contribution in [2.45, 2.75) is 39.2 Å². The molecule has 0 unspecified atom stereocenters. The van der Waals surface area contributed by atoms with Crippen molar-refractivity contribution in [1.29, 1.82) is 0 Å². The molecule has 1 nitrogen and oxygen atoms in total. The molecule has 0 spiro atoms. The van der Waals surface area contributed by atoms with Crippen LogP contribution in [0.1, 0.15) is 28.7 Å². The molecule has 1 aliphatic carbocycles. The number of fused-ring (bicyclic) bond motifs is 1. The Hall–Kier alpha value is -0.820. The van der Waals surface area contributed by atoms with Crippen molar-refractivity contribution in [1.82, 2.24) is 0 Å². The minimum Gasteiger partial charge on any atom is -0.327 e. The minimum atomic E-state index is 0.384. The number of nitrogens with two attached hydrogens (primary N) is 1. The molecule has 0 saturated carbocycles. The summed E-state index contributed by atoms with van der Waals surface area (Å²) in [4.78, 5) is 0. The summed E-state index contributed by atoms with van der Waals surface area (Å²) >= 11 is 0. The van der Waals surface area contributed by atoms with Gasteiger partial charge in [-0.15, -0.1) is 0 Å². The third kappa shape index (κ3) is 1.61. The zero-order valence-corrected chi connectivity index (χ0v) is 8.43. The number of hydrogen-bond acceptors (Lipinski definition) is 1. The van der Waals surface area contributed by atoms with E-state index in [1.165, 1.54) is 22.3 Å². The van der Waals surface area contributed by atoms with E-state index in [1.54, 1.807) is 0 Å². The Morgan fingerprint density at radius 2 is 1.77 bits per heavy atom. The maximum atomic E-state index is 5.94. The molecule has 70 valence electrons. The van der Waals surface area contributed by atoms with E-state index in [1.807, 2.05) is 0 Å². The second-order valence-corrected chi connectivity index (χ2v) is 4.21. The van der Waals surface area contributed by atoms with Gasteiger partial charge in [-0.25, -0.2) is 0 Å². The molecule has 13 heavy (non-hydrogen) atoms. The summed E-state index contributed by atoms with van der Waals surface area (Å²) in [6.45, 7) is 4.36. The predicted octanol–water partition coefficient (Wildman–Crippen LogP) is 2.12. The Kier molecular flexibility index (Phi) is 2.12. The number of rotatable bonds is 0. The fourth-order valence-corrected chi connectivity index (χ4v) is 2.08. The molecule has 1 aromatic rings. The highest BCUT2D eigenvalue weighted by Crippen LogP contribution is 2.23. The van der Waals surface area contributed by atoms with Crippen molar-refractivity contribution in [3.05, 3.63) is 34.4 Å². The molecular weight excluding hydrogens is 158 g/mol. The summed E-state index contributed by atoms with van der Waals surface area (Å²) in [5.41, 5.74) is 11.7. The molecule has 1 aromatic carbocycles. The van der Waals surface area contributed by atoms with Crippen molar-refractivity contribution < 1.29 is 0 Å². The standard InChI is InChI=1S/C12H17N/c1-8-5-10-3-4-12(13)7-11(10)6-9(8)2/h5-6,12H,3-4,7,13H2,1-2H3/t12-/m1/s1. The van der Waals surface area contributed by atoms with Crippen LogP contribution in [0.5, 0.6) is 0 Å². The van der Waals surface area contributed by atoms with Crippen molar-refractivity contribution >= 4 is 0 Å². The third-order valence-electron chi connectivity index (χ3n) is 3.08. The minimum absolute atomic E-state index is 0.384. The lowest BCUT2D eigenvalue weighted by Crippen LogP contribution is -2.27. The van der Waals surface area contributed by atoms with E-state index in [9.17, 15) is 0 Å². The first-order valence-corrected chi connectivity index (χ1v) is 5.01. The van der Waals surface area contributed by atoms with E-state index in [-0.39, 0.29) is 0 Å². The predicted molar refractivity (Wildman–Crippen MR) is 55.9 cm³/mol. The van der Waals surface area contributed by atoms with Crippen LogP contribution in [0.15, 0.2) is 12.1 Å². The Morgan fingerprint density at radius 3 is 2.46 bits per heavy atom. The first kappa shape index (κ1) is 8.76. The van der Waals surface area contributed by atoms with E-state index in [2.05, 4.69) is 26.0 Å². The Balaban J connectivity index is 2.43. The highest BCUT2D eigenvalue weighted by molar-refractivity contribution is 5.39. The van der Waals surface area contributed by atoms with Gasteiger partial charge in [0.25, 0.3) is 0 Å². The van der Waals surface area contributed by atoms with Crippen molar-refractivity contribution in [2.24, 2.45) is 5.73 Å². The lowest BCUT2D eigenvalue weighted by atomic mass is 9.86. The van der Waals surface area contributed by atoms with Crippen LogP contribution in [0.4, 0.5) is 0 Å². The normalized spacial score (nSPS) is 21.3. The van der Waals surface area contributed by atoms with Crippen LogP contribution >= 0.6 is 0 Å². The molecule has 1 heteroatoms. The average molecular weight is 175 g/mol. The molecule has 1 aliphatic rings. The van der Waals surface area contributed by atoms with Crippen LogP contribution in [0.25, 0.3) is 0 Å². The summed E-state index contributed by atoms with van der Waals surface area (Å²) < 4.78 is 0. The monoisotopic (exact) mass is 175 g/mol. The largest absolute Gasteiger partial charge is 0.327 e. The van der Waals surface area contributed by atoms with E-state index in [4.69, 9.17) is 5.73 Å². The lowest BCUT2D eigenvalue weighted by Gasteiger charge is -2.22. The van der Waals surface area contributed by atoms with Gasteiger partial charge in [0.2, 0.25) is 0 Å². The zero-order valence-electron chi connectivity index (χ0n) is 8.43. The SMILES string of the molecule is Cc1cc2c(cc1C)C[C@H](N)CC2. The van der Waals surface area contributed by atoms with Crippen LogP contribution < -0.4 is 5.73 Å². The van der Waals surface area contributed by atoms with Gasteiger partial charge >= 0.3 is 0 Å².